The SMILES string of the molecule is c1ccc(-c2ccc(-c3nc(-c4cccc(-c5ccc6c7ccccc7n(-c7ccc(N(c8ccccc8)c8ccc9ccccc9c8)cc7)c6c5)c4)nc4ccccc34)cc2)cc1. The summed E-state index contributed by atoms with van der Waals surface area (Å²) in [5.41, 5.74) is 15.2. The van der Waals surface area contributed by atoms with Gasteiger partial charge in [0.2, 0.25) is 0 Å². The molecule has 0 spiro atoms. The first kappa shape index (κ1) is 37.2. The van der Waals surface area contributed by atoms with Crippen molar-refractivity contribution in [3.8, 4) is 50.6 Å². The van der Waals surface area contributed by atoms with Crippen LogP contribution in [-0.4, -0.2) is 14.5 Å². The molecule has 0 aliphatic rings. The molecular weight excluding hydrogens is 777 g/mol. The highest BCUT2D eigenvalue weighted by Crippen LogP contribution is 2.40. The molecule has 0 saturated carbocycles. The Bertz CT molecular complexity index is 3650. The highest BCUT2D eigenvalue weighted by molar-refractivity contribution is 6.10. The molecule has 2 heterocycles. The van der Waals surface area contributed by atoms with Crippen LogP contribution < -0.4 is 4.90 Å². The van der Waals surface area contributed by atoms with Gasteiger partial charge in [0.05, 0.1) is 22.2 Å². The molecule has 10 aromatic carbocycles. The number of rotatable bonds is 8. The molecule has 12 aromatic rings. The lowest BCUT2D eigenvalue weighted by Crippen LogP contribution is -2.10. The summed E-state index contributed by atoms with van der Waals surface area (Å²) in [4.78, 5) is 12.7. The van der Waals surface area contributed by atoms with Crippen LogP contribution in [0.2, 0.25) is 0 Å². The Balaban J connectivity index is 0.931. The van der Waals surface area contributed by atoms with Crippen molar-refractivity contribution in [1.29, 1.82) is 0 Å². The van der Waals surface area contributed by atoms with Crippen molar-refractivity contribution in [3.63, 3.8) is 0 Å². The molecule has 0 N–H and O–H groups in total. The fourth-order valence-electron chi connectivity index (χ4n) is 9.23. The maximum atomic E-state index is 5.26. The average molecular weight is 817 g/mol. The molecule has 4 heteroatoms. The Morgan fingerprint density at radius 1 is 0.312 bits per heavy atom. The topological polar surface area (TPSA) is 34.0 Å². The highest BCUT2D eigenvalue weighted by atomic mass is 15.1. The smallest absolute Gasteiger partial charge is 0.160 e. The fraction of sp³-hybridized carbons (Fsp3) is 0. The summed E-state index contributed by atoms with van der Waals surface area (Å²) in [7, 11) is 0. The molecule has 2 aromatic heterocycles. The van der Waals surface area contributed by atoms with Crippen molar-refractivity contribution in [2.75, 3.05) is 4.90 Å². The van der Waals surface area contributed by atoms with E-state index < -0.39 is 0 Å². The van der Waals surface area contributed by atoms with Crippen LogP contribution >= 0.6 is 0 Å². The molecule has 4 nitrogen and oxygen atoms in total. The van der Waals surface area contributed by atoms with Gasteiger partial charge in [-0.25, -0.2) is 9.97 Å². The van der Waals surface area contributed by atoms with Crippen LogP contribution in [-0.2, 0) is 0 Å². The molecule has 0 amide bonds. The Morgan fingerprint density at radius 2 is 0.891 bits per heavy atom. The lowest BCUT2D eigenvalue weighted by atomic mass is 9.99. The Kier molecular flexibility index (Phi) is 9.12. The number of anilines is 3. The molecule has 300 valence electrons. The number of para-hydroxylation sites is 3. The third-order valence-electron chi connectivity index (χ3n) is 12.4. The second-order valence-corrected chi connectivity index (χ2v) is 16.2. The Labute approximate surface area is 371 Å². The van der Waals surface area contributed by atoms with Gasteiger partial charge in [-0.05, 0) is 106 Å². The molecule has 0 aliphatic heterocycles. The number of fused-ring (bicyclic) bond motifs is 5. The van der Waals surface area contributed by atoms with Crippen molar-refractivity contribution in [1.82, 2.24) is 14.5 Å². The minimum absolute atomic E-state index is 0.700. The third kappa shape index (κ3) is 6.66. The number of hydrogen-bond donors (Lipinski definition) is 0. The van der Waals surface area contributed by atoms with E-state index in [2.05, 4.69) is 240 Å². The van der Waals surface area contributed by atoms with Gasteiger partial charge in [0, 0.05) is 50.0 Å². The number of nitrogens with zero attached hydrogens (tertiary/aromatic N) is 4. The van der Waals surface area contributed by atoms with E-state index in [1.807, 2.05) is 12.1 Å². The normalized spacial score (nSPS) is 11.4. The van der Waals surface area contributed by atoms with E-state index in [-0.39, 0.29) is 0 Å². The standard InChI is InChI=1S/C60H40N4/c1-3-14-41(15-4-1)43-26-28-44(29-27-43)59-55-23-9-11-24-56(55)61-60(62-59)48-19-13-18-45(38-48)47-31-37-54-53-22-10-12-25-57(53)64(58(54)40-47)51-35-33-50(34-36-51)63(49-20-5-2-6-21-49)52-32-30-42-16-7-8-17-46(42)39-52/h1-40H. The van der Waals surface area contributed by atoms with Crippen molar-refractivity contribution in [2.45, 2.75) is 0 Å². The summed E-state index contributed by atoms with van der Waals surface area (Å²) in [5.74, 6) is 0.700. The third-order valence-corrected chi connectivity index (χ3v) is 12.4. The van der Waals surface area contributed by atoms with Crippen molar-refractivity contribution >= 4 is 60.5 Å². The van der Waals surface area contributed by atoms with E-state index in [4.69, 9.17) is 9.97 Å². The molecule has 64 heavy (non-hydrogen) atoms. The van der Waals surface area contributed by atoms with E-state index in [0.717, 1.165) is 67.1 Å². The molecule has 0 saturated heterocycles. The number of hydrogen-bond acceptors (Lipinski definition) is 3. The monoisotopic (exact) mass is 816 g/mol. The van der Waals surface area contributed by atoms with Gasteiger partial charge in [-0.15, -0.1) is 0 Å². The molecule has 0 aliphatic carbocycles. The molecule has 0 atom stereocenters. The Hall–Kier alpha value is -8.60. The number of aromatic nitrogens is 3. The minimum atomic E-state index is 0.700. The van der Waals surface area contributed by atoms with E-state index in [1.54, 1.807) is 0 Å². The van der Waals surface area contributed by atoms with E-state index in [9.17, 15) is 0 Å². The van der Waals surface area contributed by atoms with Crippen LogP contribution in [0.3, 0.4) is 0 Å². The number of benzene rings is 10. The quantitative estimate of drug-likeness (QED) is 0.153. The summed E-state index contributed by atoms with van der Waals surface area (Å²) in [6.07, 6.45) is 0. The van der Waals surface area contributed by atoms with Gasteiger partial charge in [0.1, 0.15) is 0 Å². The van der Waals surface area contributed by atoms with E-state index in [0.29, 0.717) is 5.82 Å². The molecule has 12 rings (SSSR count). The molecule has 0 bridgehead atoms. The predicted octanol–water partition coefficient (Wildman–Crippen LogP) is 16.0. The fourth-order valence-corrected chi connectivity index (χ4v) is 9.23. The van der Waals surface area contributed by atoms with Crippen LogP contribution in [0.4, 0.5) is 17.1 Å². The molecule has 0 unspecified atom stereocenters. The first-order valence-corrected chi connectivity index (χ1v) is 21.7. The molecule has 0 fully saturated rings. The van der Waals surface area contributed by atoms with Crippen LogP contribution in [0.5, 0.6) is 0 Å². The summed E-state index contributed by atoms with van der Waals surface area (Å²) in [6.45, 7) is 0. The lowest BCUT2D eigenvalue weighted by Gasteiger charge is -2.26. The maximum Gasteiger partial charge on any atom is 0.160 e. The Morgan fingerprint density at radius 3 is 1.72 bits per heavy atom. The largest absolute Gasteiger partial charge is 0.310 e. The van der Waals surface area contributed by atoms with Crippen molar-refractivity contribution < 1.29 is 0 Å². The van der Waals surface area contributed by atoms with Gasteiger partial charge >= 0.3 is 0 Å². The summed E-state index contributed by atoms with van der Waals surface area (Å²) < 4.78 is 2.40. The van der Waals surface area contributed by atoms with Crippen LogP contribution in [0, 0.1) is 0 Å². The summed E-state index contributed by atoms with van der Waals surface area (Å²) >= 11 is 0. The second kappa shape index (κ2) is 15.7. The van der Waals surface area contributed by atoms with Crippen LogP contribution in [0.25, 0.3) is 94.1 Å². The van der Waals surface area contributed by atoms with Gasteiger partial charge in [-0.3, -0.25) is 0 Å². The van der Waals surface area contributed by atoms with E-state index in [1.165, 1.54) is 38.2 Å². The first-order chi connectivity index (χ1) is 31.7. The second-order valence-electron chi connectivity index (χ2n) is 16.2. The van der Waals surface area contributed by atoms with Gasteiger partial charge in [0.15, 0.2) is 5.82 Å². The highest BCUT2D eigenvalue weighted by Gasteiger charge is 2.18. The summed E-state index contributed by atoms with van der Waals surface area (Å²) in [6, 6.07) is 86.4. The zero-order valence-electron chi connectivity index (χ0n) is 34.9. The van der Waals surface area contributed by atoms with Crippen molar-refractivity contribution in [3.05, 3.63) is 243 Å². The minimum Gasteiger partial charge on any atom is -0.310 e. The summed E-state index contributed by atoms with van der Waals surface area (Å²) in [5, 5.41) is 5.90. The zero-order valence-corrected chi connectivity index (χ0v) is 34.9. The lowest BCUT2D eigenvalue weighted by molar-refractivity contribution is 1.17. The molecule has 0 radical (unpaired) electrons. The zero-order chi connectivity index (χ0) is 42.4. The van der Waals surface area contributed by atoms with Gasteiger partial charge in [-0.1, -0.05) is 170 Å². The predicted molar refractivity (Wildman–Crippen MR) is 268 cm³/mol. The average Bonchev–Trinajstić information content (AvgIpc) is 3.70. The van der Waals surface area contributed by atoms with Crippen LogP contribution in [0.15, 0.2) is 243 Å². The van der Waals surface area contributed by atoms with Gasteiger partial charge in [0.25, 0.3) is 0 Å². The maximum absolute atomic E-state index is 5.26. The van der Waals surface area contributed by atoms with Crippen LogP contribution in [0.1, 0.15) is 0 Å². The first-order valence-electron chi connectivity index (χ1n) is 21.7. The van der Waals surface area contributed by atoms with Gasteiger partial charge < -0.3 is 9.47 Å². The van der Waals surface area contributed by atoms with E-state index >= 15 is 0 Å². The molecular formula is C60H40N4. The van der Waals surface area contributed by atoms with Gasteiger partial charge in [-0.2, -0.15) is 0 Å². The van der Waals surface area contributed by atoms with Crippen molar-refractivity contribution in [2.24, 2.45) is 0 Å².